The molecule has 0 atom stereocenters. The van der Waals surface area contributed by atoms with E-state index in [1.807, 2.05) is 0 Å². The minimum absolute atomic E-state index is 0. The molecule has 0 saturated carbocycles. The summed E-state index contributed by atoms with van der Waals surface area (Å²) in [6.45, 7) is -0.113. The number of nitrogens with one attached hydrogen (secondary N) is 2. The van der Waals surface area contributed by atoms with Gasteiger partial charge in [-0.15, -0.1) is 12.4 Å². The second kappa shape index (κ2) is 10.5. The fourth-order valence-corrected chi connectivity index (χ4v) is 1.75. The molecule has 0 fully saturated rings. The lowest BCUT2D eigenvalue weighted by Crippen LogP contribution is -2.39. The van der Waals surface area contributed by atoms with Crippen molar-refractivity contribution >= 4 is 24.2 Å². The summed E-state index contributed by atoms with van der Waals surface area (Å²) in [5.74, 6) is 0.903. The van der Waals surface area contributed by atoms with Crippen molar-refractivity contribution in [2.75, 3.05) is 34.4 Å². The minimum atomic E-state index is -0.394. The van der Waals surface area contributed by atoms with Gasteiger partial charge < -0.3 is 30.6 Å². The van der Waals surface area contributed by atoms with Gasteiger partial charge in [0.05, 0.1) is 46.5 Å². The van der Waals surface area contributed by atoms with E-state index in [4.69, 9.17) is 19.9 Å². The lowest BCUT2D eigenvalue weighted by atomic mass is 10.1. The molecule has 4 N–H and O–H groups in total. The Morgan fingerprint density at radius 1 is 1.00 bits per heavy atom. The van der Waals surface area contributed by atoms with Crippen molar-refractivity contribution < 1.29 is 23.8 Å². The van der Waals surface area contributed by atoms with Gasteiger partial charge in [0.2, 0.25) is 11.8 Å². The first kappa shape index (κ1) is 20.8. The smallest absolute Gasteiger partial charge is 0.239 e. The van der Waals surface area contributed by atoms with Gasteiger partial charge in [-0.3, -0.25) is 9.59 Å². The first-order chi connectivity index (χ1) is 10.5. The van der Waals surface area contributed by atoms with Gasteiger partial charge in [-0.1, -0.05) is 0 Å². The van der Waals surface area contributed by atoms with Crippen molar-refractivity contribution in [3.05, 3.63) is 17.7 Å². The van der Waals surface area contributed by atoms with Crippen LogP contribution in [0.4, 0.5) is 0 Å². The number of halogens is 1. The van der Waals surface area contributed by atoms with E-state index in [1.54, 1.807) is 12.1 Å². The number of hydrogen-bond acceptors (Lipinski definition) is 6. The fraction of sp³-hybridized carbons (Fsp3) is 0.429. The van der Waals surface area contributed by atoms with E-state index in [1.165, 1.54) is 21.3 Å². The molecule has 0 aromatic heterocycles. The lowest BCUT2D eigenvalue weighted by molar-refractivity contribution is -0.125. The van der Waals surface area contributed by atoms with Crippen molar-refractivity contribution in [2.24, 2.45) is 5.73 Å². The number of carbonyl (C=O) groups is 2. The molecular formula is C14H22ClN3O5. The monoisotopic (exact) mass is 347 g/mol. The van der Waals surface area contributed by atoms with Crippen molar-refractivity contribution in [3.8, 4) is 17.2 Å². The molecule has 1 rings (SSSR count). The molecule has 130 valence electrons. The normalized spacial score (nSPS) is 9.39. The van der Waals surface area contributed by atoms with Crippen LogP contribution in [0.15, 0.2) is 12.1 Å². The Bertz CT molecular complexity index is 514. The van der Waals surface area contributed by atoms with Crippen molar-refractivity contribution in [2.45, 2.75) is 6.54 Å². The predicted molar refractivity (Wildman–Crippen MR) is 87.3 cm³/mol. The van der Waals surface area contributed by atoms with Crippen LogP contribution >= 0.6 is 12.4 Å². The highest BCUT2D eigenvalue weighted by Gasteiger charge is 2.14. The van der Waals surface area contributed by atoms with Gasteiger partial charge in [0.25, 0.3) is 0 Å². The van der Waals surface area contributed by atoms with Crippen LogP contribution in [0.25, 0.3) is 0 Å². The molecule has 0 saturated heterocycles. The van der Waals surface area contributed by atoms with E-state index in [0.29, 0.717) is 22.8 Å². The second-order valence-corrected chi connectivity index (χ2v) is 4.27. The third-order valence-electron chi connectivity index (χ3n) is 2.91. The van der Waals surface area contributed by atoms with Crippen LogP contribution in [0, 0.1) is 0 Å². The Morgan fingerprint density at radius 3 is 2.00 bits per heavy atom. The molecule has 0 aliphatic carbocycles. The molecule has 1 aromatic rings. The van der Waals surface area contributed by atoms with E-state index < -0.39 is 5.91 Å². The zero-order chi connectivity index (χ0) is 16.5. The van der Waals surface area contributed by atoms with E-state index in [2.05, 4.69) is 10.6 Å². The molecule has 9 heteroatoms. The van der Waals surface area contributed by atoms with Crippen LogP contribution in [0.1, 0.15) is 5.56 Å². The standard InChI is InChI=1S/C14H21N3O5.ClH/c1-20-9-4-11(21-2)10(12(5-9)22-3)7-16-14(19)8-17-13(18)6-15;/h4-5H,6-8,15H2,1-3H3,(H,16,19)(H,17,18);1H. The average Bonchev–Trinajstić information content (AvgIpc) is 2.56. The molecule has 0 bridgehead atoms. The molecule has 8 nitrogen and oxygen atoms in total. The fourth-order valence-electron chi connectivity index (χ4n) is 1.75. The Kier molecular flexibility index (Phi) is 9.52. The Morgan fingerprint density at radius 2 is 1.57 bits per heavy atom. The van der Waals surface area contributed by atoms with Crippen LogP contribution in [0.5, 0.6) is 17.2 Å². The Hall–Kier alpha value is -2.19. The predicted octanol–water partition coefficient (Wildman–Crippen LogP) is -0.175. The molecule has 2 amide bonds. The highest BCUT2D eigenvalue weighted by molar-refractivity contribution is 5.85. The number of hydrogen-bond donors (Lipinski definition) is 3. The van der Waals surface area contributed by atoms with Crippen molar-refractivity contribution in [1.29, 1.82) is 0 Å². The number of carbonyl (C=O) groups excluding carboxylic acids is 2. The largest absolute Gasteiger partial charge is 0.496 e. The van der Waals surface area contributed by atoms with Crippen LogP contribution in [0.2, 0.25) is 0 Å². The summed E-state index contributed by atoms with van der Waals surface area (Å²) in [6, 6.07) is 3.39. The van der Waals surface area contributed by atoms with Gasteiger partial charge in [0, 0.05) is 12.1 Å². The van der Waals surface area contributed by atoms with Crippen LogP contribution in [-0.4, -0.2) is 46.2 Å². The third kappa shape index (κ3) is 6.21. The third-order valence-corrected chi connectivity index (χ3v) is 2.91. The SMILES string of the molecule is COc1cc(OC)c(CNC(=O)CNC(=O)CN)c(OC)c1.Cl. The van der Waals surface area contributed by atoms with Gasteiger partial charge in [0.1, 0.15) is 17.2 Å². The summed E-state index contributed by atoms with van der Waals surface area (Å²) in [6.07, 6.45) is 0. The molecule has 23 heavy (non-hydrogen) atoms. The summed E-state index contributed by atoms with van der Waals surface area (Å²) in [5.41, 5.74) is 5.81. The zero-order valence-electron chi connectivity index (χ0n) is 13.3. The second-order valence-electron chi connectivity index (χ2n) is 4.27. The first-order valence-corrected chi connectivity index (χ1v) is 6.58. The van der Waals surface area contributed by atoms with Crippen LogP contribution in [0.3, 0.4) is 0 Å². The van der Waals surface area contributed by atoms with Gasteiger partial charge in [-0.05, 0) is 0 Å². The summed E-state index contributed by atoms with van der Waals surface area (Å²) in [4.78, 5) is 22.7. The number of amides is 2. The highest BCUT2D eigenvalue weighted by Crippen LogP contribution is 2.33. The maximum atomic E-state index is 11.7. The number of ether oxygens (including phenoxy) is 3. The van der Waals surface area contributed by atoms with E-state index in [9.17, 15) is 9.59 Å². The number of methoxy groups -OCH3 is 3. The van der Waals surface area contributed by atoms with Crippen molar-refractivity contribution in [3.63, 3.8) is 0 Å². The van der Waals surface area contributed by atoms with Crippen LogP contribution in [-0.2, 0) is 16.1 Å². The van der Waals surface area contributed by atoms with Crippen molar-refractivity contribution in [1.82, 2.24) is 10.6 Å². The maximum Gasteiger partial charge on any atom is 0.239 e. The minimum Gasteiger partial charge on any atom is -0.496 e. The molecule has 0 aliphatic heterocycles. The van der Waals surface area contributed by atoms with E-state index >= 15 is 0 Å². The highest BCUT2D eigenvalue weighted by atomic mass is 35.5. The van der Waals surface area contributed by atoms with Gasteiger partial charge in [-0.2, -0.15) is 0 Å². The first-order valence-electron chi connectivity index (χ1n) is 6.58. The molecule has 0 radical (unpaired) electrons. The van der Waals surface area contributed by atoms with Gasteiger partial charge in [-0.25, -0.2) is 0 Å². The van der Waals surface area contributed by atoms with Crippen LogP contribution < -0.4 is 30.6 Å². The lowest BCUT2D eigenvalue weighted by Gasteiger charge is -2.15. The number of rotatable bonds is 8. The van der Waals surface area contributed by atoms with E-state index in [-0.39, 0.29) is 37.9 Å². The Labute approximate surface area is 141 Å². The number of benzene rings is 1. The quantitative estimate of drug-likeness (QED) is 0.601. The molecule has 1 aromatic carbocycles. The van der Waals surface area contributed by atoms with Gasteiger partial charge in [0.15, 0.2) is 0 Å². The maximum absolute atomic E-state index is 11.7. The van der Waals surface area contributed by atoms with Gasteiger partial charge >= 0.3 is 0 Å². The summed E-state index contributed by atoms with van der Waals surface area (Å²) in [5, 5.41) is 5.06. The topological polar surface area (TPSA) is 112 Å². The Balaban J connectivity index is 0.00000484. The summed E-state index contributed by atoms with van der Waals surface area (Å²) < 4.78 is 15.7. The average molecular weight is 348 g/mol. The molecule has 0 aliphatic rings. The summed E-state index contributed by atoms with van der Waals surface area (Å²) in [7, 11) is 4.57. The number of nitrogens with two attached hydrogens (primary N) is 1. The molecule has 0 unspecified atom stereocenters. The van der Waals surface area contributed by atoms with E-state index in [0.717, 1.165) is 0 Å². The zero-order valence-corrected chi connectivity index (χ0v) is 14.1. The molecular weight excluding hydrogens is 326 g/mol. The molecule has 0 heterocycles. The summed E-state index contributed by atoms with van der Waals surface area (Å²) >= 11 is 0. The molecule has 0 spiro atoms.